The number of unbranched alkanes of at least 4 members (excludes halogenated alkanes) is 1. The minimum atomic E-state index is 0.520. The molecular weight excluding hydrogens is 212 g/mol. The quantitative estimate of drug-likeness (QED) is 0.784. The third-order valence-corrected chi connectivity index (χ3v) is 3.57. The van der Waals surface area contributed by atoms with Crippen LogP contribution in [0.4, 0.5) is 5.69 Å². The molecule has 0 aliphatic carbocycles. The van der Waals surface area contributed by atoms with E-state index in [1.54, 1.807) is 0 Å². The Morgan fingerprint density at radius 3 is 2.94 bits per heavy atom. The molecule has 94 valence electrons. The van der Waals surface area contributed by atoms with E-state index in [9.17, 15) is 5.11 Å². The second-order valence-corrected chi connectivity index (χ2v) is 4.84. The van der Waals surface area contributed by atoms with Crippen LogP contribution in [-0.2, 0) is 12.8 Å². The largest absolute Gasteiger partial charge is 0.507 e. The van der Waals surface area contributed by atoms with E-state index < -0.39 is 0 Å². The number of rotatable bonds is 4. The number of fused-ring (bicyclic) bond motifs is 1. The predicted molar refractivity (Wildman–Crippen MR) is 71.7 cm³/mol. The predicted octanol–water partition coefficient (Wildman–Crippen LogP) is 2.06. The summed E-state index contributed by atoms with van der Waals surface area (Å²) in [7, 11) is 2.09. The Hall–Kier alpha value is -1.22. The molecule has 0 fully saturated rings. The van der Waals surface area contributed by atoms with Crippen LogP contribution in [0.1, 0.15) is 30.4 Å². The van der Waals surface area contributed by atoms with Gasteiger partial charge in [-0.15, -0.1) is 0 Å². The summed E-state index contributed by atoms with van der Waals surface area (Å²) in [6, 6.07) is 4.21. The fourth-order valence-electron chi connectivity index (χ4n) is 2.55. The van der Waals surface area contributed by atoms with Gasteiger partial charge in [0.05, 0.1) is 0 Å². The summed E-state index contributed by atoms with van der Waals surface area (Å²) in [6.45, 7) is 1.81. The highest BCUT2D eigenvalue weighted by Gasteiger charge is 2.18. The van der Waals surface area contributed by atoms with Crippen LogP contribution in [0.25, 0.3) is 0 Å². The van der Waals surface area contributed by atoms with Crippen molar-refractivity contribution in [2.24, 2.45) is 5.73 Å². The van der Waals surface area contributed by atoms with Gasteiger partial charge in [-0.25, -0.2) is 0 Å². The SMILES string of the molecule is CN1CCCc2c1ccc(CCCCN)c2O. The molecule has 3 nitrogen and oxygen atoms in total. The number of hydrogen-bond acceptors (Lipinski definition) is 3. The molecule has 17 heavy (non-hydrogen) atoms. The minimum Gasteiger partial charge on any atom is -0.507 e. The van der Waals surface area contributed by atoms with Gasteiger partial charge in [-0.2, -0.15) is 0 Å². The van der Waals surface area contributed by atoms with E-state index in [2.05, 4.69) is 24.1 Å². The third-order valence-electron chi connectivity index (χ3n) is 3.57. The van der Waals surface area contributed by atoms with Crippen molar-refractivity contribution in [2.75, 3.05) is 25.0 Å². The van der Waals surface area contributed by atoms with Gasteiger partial charge in [0.15, 0.2) is 0 Å². The molecule has 0 atom stereocenters. The third kappa shape index (κ3) is 2.55. The van der Waals surface area contributed by atoms with Crippen LogP contribution in [0.3, 0.4) is 0 Å². The number of nitrogens with two attached hydrogens (primary N) is 1. The number of phenolic OH excluding ortho intramolecular Hbond substituents is 1. The Morgan fingerprint density at radius 1 is 1.35 bits per heavy atom. The van der Waals surface area contributed by atoms with Gasteiger partial charge < -0.3 is 15.7 Å². The standard InChI is InChI=1S/C14H22N2O/c1-16-10-4-6-12-13(16)8-7-11(14(12)17)5-2-3-9-15/h7-8,17H,2-6,9-10,15H2,1H3. The first-order valence-corrected chi connectivity index (χ1v) is 6.49. The highest BCUT2D eigenvalue weighted by atomic mass is 16.3. The number of nitrogens with zero attached hydrogens (tertiary/aromatic N) is 1. The summed E-state index contributed by atoms with van der Waals surface area (Å²) in [5, 5.41) is 10.3. The Balaban J connectivity index is 2.20. The van der Waals surface area contributed by atoms with Crippen molar-refractivity contribution in [3.63, 3.8) is 0 Å². The van der Waals surface area contributed by atoms with Crippen molar-refractivity contribution in [1.82, 2.24) is 0 Å². The van der Waals surface area contributed by atoms with Gasteiger partial charge >= 0.3 is 0 Å². The van der Waals surface area contributed by atoms with Gasteiger partial charge in [-0.05, 0) is 50.3 Å². The molecule has 3 heteroatoms. The van der Waals surface area contributed by atoms with E-state index in [1.165, 1.54) is 5.69 Å². The molecule has 0 radical (unpaired) electrons. The highest BCUT2D eigenvalue weighted by Crippen LogP contribution is 2.35. The molecule has 0 bridgehead atoms. The zero-order valence-electron chi connectivity index (χ0n) is 10.6. The van der Waals surface area contributed by atoms with Crippen LogP contribution in [0.2, 0.25) is 0 Å². The number of aryl methyl sites for hydroxylation is 1. The molecule has 1 aromatic rings. The monoisotopic (exact) mass is 234 g/mol. The molecule has 1 aromatic carbocycles. The van der Waals surface area contributed by atoms with Crippen molar-refractivity contribution in [2.45, 2.75) is 32.1 Å². The van der Waals surface area contributed by atoms with Gasteiger partial charge in [0.25, 0.3) is 0 Å². The van der Waals surface area contributed by atoms with E-state index in [-0.39, 0.29) is 0 Å². The molecule has 3 N–H and O–H groups in total. The lowest BCUT2D eigenvalue weighted by atomic mass is 9.96. The summed E-state index contributed by atoms with van der Waals surface area (Å²) in [5.41, 5.74) is 8.89. The average molecular weight is 234 g/mol. The summed E-state index contributed by atoms with van der Waals surface area (Å²) < 4.78 is 0. The van der Waals surface area contributed by atoms with Gasteiger partial charge in [-0.1, -0.05) is 6.07 Å². The zero-order valence-corrected chi connectivity index (χ0v) is 10.6. The molecule has 1 aliphatic heterocycles. The van der Waals surface area contributed by atoms with Gasteiger partial charge in [0, 0.05) is 24.8 Å². The summed E-state index contributed by atoms with van der Waals surface area (Å²) >= 11 is 0. The fourth-order valence-corrected chi connectivity index (χ4v) is 2.55. The first-order chi connectivity index (χ1) is 8.24. The van der Waals surface area contributed by atoms with Crippen LogP contribution < -0.4 is 10.6 Å². The number of anilines is 1. The Morgan fingerprint density at radius 2 is 2.18 bits per heavy atom. The number of hydrogen-bond donors (Lipinski definition) is 2. The first kappa shape index (κ1) is 12.2. The number of benzene rings is 1. The van der Waals surface area contributed by atoms with E-state index in [1.807, 2.05) is 0 Å². The van der Waals surface area contributed by atoms with Crippen molar-refractivity contribution < 1.29 is 5.11 Å². The Labute approximate surface area is 103 Å². The molecule has 0 saturated carbocycles. The van der Waals surface area contributed by atoms with Gasteiger partial charge in [0.1, 0.15) is 5.75 Å². The van der Waals surface area contributed by atoms with Crippen molar-refractivity contribution in [3.05, 3.63) is 23.3 Å². The van der Waals surface area contributed by atoms with Crippen molar-refractivity contribution in [1.29, 1.82) is 0 Å². The maximum Gasteiger partial charge on any atom is 0.124 e. The van der Waals surface area contributed by atoms with Crippen LogP contribution >= 0.6 is 0 Å². The first-order valence-electron chi connectivity index (χ1n) is 6.49. The number of phenols is 1. The molecule has 1 aliphatic rings. The van der Waals surface area contributed by atoms with Crippen molar-refractivity contribution >= 4 is 5.69 Å². The fraction of sp³-hybridized carbons (Fsp3) is 0.571. The van der Waals surface area contributed by atoms with Crippen LogP contribution in [0, 0.1) is 0 Å². The summed E-state index contributed by atoms with van der Waals surface area (Å²) in [6.07, 6.45) is 5.13. The van der Waals surface area contributed by atoms with Gasteiger partial charge in [-0.3, -0.25) is 0 Å². The summed E-state index contributed by atoms with van der Waals surface area (Å²) in [5.74, 6) is 0.520. The molecule has 1 heterocycles. The molecule has 0 unspecified atom stereocenters. The molecule has 2 rings (SSSR count). The van der Waals surface area contributed by atoms with E-state index in [0.29, 0.717) is 5.75 Å². The second-order valence-electron chi connectivity index (χ2n) is 4.84. The molecule has 0 saturated heterocycles. The smallest absolute Gasteiger partial charge is 0.124 e. The normalized spacial score (nSPS) is 14.8. The second kappa shape index (κ2) is 5.41. The van der Waals surface area contributed by atoms with Crippen LogP contribution in [0.5, 0.6) is 5.75 Å². The van der Waals surface area contributed by atoms with Gasteiger partial charge in [0.2, 0.25) is 0 Å². The van der Waals surface area contributed by atoms with E-state index in [0.717, 1.165) is 56.3 Å². The summed E-state index contributed by atoms with van der Waals surface area (Å²) in [4.78, 5) is 2.22. The lowest BCUT2D eigenvalue weighted by Gasteiger charge is -2.28. The van der Waals surface area contributed by atoms with Crippen LogP contribution in [0.15, 0.2) is 12.1 Å². The maximum absolute atomic E-state index is 10.3. The molecule has 0 aromatic heterocycles. The molecular formula is C14H22N2O. The molecule has 0 amide bonds. The van der Waals surface area contributed by atoms with Crippen LogP contribution in [-0.4, -0.2) is 25.2 Å². The highest BCUT2D eigenvalue weighted by molar-refractivity contribution is 5.62. The Bertz CT molecular complexity index is 390. The average Bonchev–Trinajstić information content (AvgIpc) is 2.33. The minimum absolute atomic E-state index is 0.520. The Kier molecular flexibility index (Phi) is 3.89. The van der Waals surface area contributed by atoms with Crippen molar-refractivity contribution in [3.8, 4) is 5.75 Å². The van der Waals surface area contributed by atoms with E-state index >= 15 is 0 Å². The number of aromatic hydroxyl groups is 1. The lowest BCUT2D eigenvalue weighted by Crippen LogP contribution is -2.24. The maximum atomic E-state index is 10.3. The lowest BCUT2D eigenvalue weighted by molar-refractivity contribution is 0.457. The topological polar surface area (TPSA) is 49.5 Å². The zero-order chi connectivity index (χ0) is 12.3. The van der Waals surface area contributed by atoms with E-state index in [4.69, 9.17) is 5.73 Å². The molecule has 0 spiro atoms.